The molecule has 0 bridgehead atoms. The summed E-state index contributed by atoms with van der Waals surface area (Å²) < 4.78 is 49.5. The molecular weight excluding hydrogens is 669 g/mol. The van der Waals surface area contributed by atoms with Crippen LogP contribution in [0.15, 0.2) is 83.3 Å². The molecule has 1 aliphatic heterocycles. The lowest BCUT2D eigenvalue weighted by atomic mass is 9.92. The van der Waals surface area contributed by atoms with Crippen molar-refractivity contribution in [1.82, 2.24) is 20.5 Å². The summed E-state index contributed by atoms with van der Waals surface area (Å²) in [5, 5.41) is 10.6. The van der Waals surface area contributed by atoms with Gasteiger partial charge in [-0.25, -0.2) is 12.8 Å². The first-order chi connectivity index (χ1) is 22.7. The Bertz CT molecular complexity index is 1950. The van der Waals surface area contributed by atoms with E-state index in [1.807, 2.05) is 49.4 Å². The third kappa shape index (κ3) is 8.76. The van der Waals surface area contributed by atoms with Gasteiger partial charge in [0, 0.05) is 23.5 Å². The number of halogens is 2. The fourth-order valence-electron chi connectivity index (χ4n) is 5.84. The summed E-state index contributed by atoms with van der Waals surface area (Å²) in [4.78, 5) is 4.02. The highest BCUT2D eigenvalue weighted by Crippen LogP contribution is 2.40. The van der Waals surface area contributed by atoms with Crippen LogP contribution in [0.5, 0.6) is 11.5 Å². The quantitative estimate of drug-likeness (QED) is 0.125. The summed E-state index contributed by atoms with van der Waals surface area (Å²) in [5.41, 5.74) is 7.19. The molecule has 0 amide bonds. The van der Waals surface area contributed by atoms with Crippen molar-refractivity contribution >= 4 is 38.1 Å². The number of pyridine rings is 1. The molecule has 12 heteroatoms. The second-order valence-electron chi connectivity index (χ2n) is 11.7. The average Bonchev–Trinajstić information content (AvgIpc) is 3.58. The lowest BCUT2D eigenvalue weighted by molar-refractivity contribution is 0.344. The van der Waals surface area contributed by atoms with Crippen LogP contribution in [0.25, 0.3) is 22.3 Å². The van der Waals surface area contributed by atoms with Gasteiger partial charge in [0.15, 0.2) is 0 Å². The molecule has 6 rings (SSSR count). The Balaban J connectivity index is 0.00000451. The summed E-state index contributed by atoms with van der Waals surface area (Å²) in [6, 6.07) is 20.0. The third-order valence-corrected chi connectivity index (χ3v) is 10.7. The van der Waals surface area contributed by atoms with Crippen LogP contribution in [-0.4, -0.2) is 36.7 Å². The van der Waals surface area contributed by atoms with Crippen LogP contribution in [0.4, 0.5) is 9.52 Å². The minimum atomic E-state index is -4.30. The average molecular weight is 708 g/mol. The summed E-state index contributed by atoms with van der Waals surface area (Å²) in [7, 11) is -4.30. The summed E-state index contributed by atoms with van der Waals surface area (Å²) >= 11 is 7.48. The molecule has 0 aliphatic carbocycles. The second-order valence-corrected chi connectivity index (χ2v) is 14.6. The fraction of sp³-hybridized carbons (Fsp3) is 0.306. The van der Waals surface area contributed by atoms with E-state index in [4.69, 9.17) is 16.3 Å². The molecule has 0 atom stereocenters. The van der Waals surface area contributed by atoms with Crippen molar-refractivity contribution < 1.29 is 17.5 Å². The highest BCUT2D eigenvalue weighted by Gasteiger charge is 2.24. The zero-order chi connectivity index (χ0) is 32.8. The summed E-state index contributed by atoms with van der Waals surface area (Å²) in [6.45, 7) is 4.28. The number of sulfonamides is 1. The van der Waals surface area contributed by atoms with Crippen LogP contribution in [-0.2, 0) is 16.4 Å². The molecule has 5 aromatic rings. The molecule has 0 spiro atoms. The van der Waals surface area contributed by atoms with Crippen LogP contribution in [0, 0.1) is 18.7 Å². The molecule has 48 heavy (non-hydrogen) atoms. The van der Waals surface area contributed by atoms with E-state index in [0.29, 0.717) is 5.75 Å². The zero-order valence-electron chi connectivity index (χ0n) is 25.9. The lowest BCUT2D eigenvalue weighted by Gasteiger charge is -2.22. The Labute approximate surface area is 290 Å². The molecule has 3 heterocycles. The van der Waals surface area contributed by atoms with E-state index >= 15 is 4.39 Å². The van der Waals surface area contributed by atoms with Crippen molar-refractivity contribution in [3.05, 3.63) is 101 Å². The van der Waals surface area contributed by atoms with Gasteiger partial charge in [0.1, 0.15) is 27.7 Å². The Hall–Kier alpha value is -3.90. The molecule has 0 radical (unpaired) electrons. The first kappa shape index (κ1) is 35.4. The van der Waals surface area contributed by atoms with Gasteiger partial charge in [-0.3, -0.25) is 9.71 Å². The number of hydrogen-bond acceptors (Lipinski definition) is 8. The minimum Gasteiger partial charge on any atom is -0.455 e. The van der Waals surface area contributed by atoms with Crippen molar-refractivity contribution in [2.45, 2.75) is 57.8 Å². The summed E-state index contributed by atoms with van der Waals surface area (Å²) in [6.07, 6.45) is 8.64. The van der Waals surface area contributed by atoms with E-state index in [-0.39, 0.29) is 23.3 Å². The van der Waals surface area contributed by atoms with Gasteiger partial charge in [-0.2, -0.15) is 0 Å². The highest BCUT2D eigenvalue weighted by atomic mass is 35.5. The molecule has 2 aromatic heterocycles. The van der Waals surface area contributed by atoms with E-state index < -0.39 is 20.7 Å². The Morgan fingerprint density at radius 2 is 1.81 bits per heavy atom. The van der Waals surface area contributed by atoms with Crippen molar-refractivity contribution in [1.29, 1.82) is 0 Å². The largest absolute Gasteiger partial charge is 0.455 e. The number of ether oxygens (including phenoxy) is 1. The number of benzene rings is 3. The number of aromatic nitrogens is 3. The smallest absolute Gasteiger partial charge is 0.266 e. The van der Waals surface area contributed by atoms with Crippen molar-refractivity contribution in [2.24, 2.45) is 5.92 Å². The number of rotatable bonds is 12. The second kappa shape index (κ2) is 16.0. The highest BCUT2D eigenvalue weighted by molar-refractivity contribution is 7.93. The van der Waals surface area contributed by atoms with Crippen LogP contribution >= 0.6 is 22.9 Å². The predicted molar refractivity (Wildman–Crippen MR) is 192 cm³/mol. The Kier molecular flexibility index (Phi) is 11.8. The van der Waals surface area contributed by atoms with Crippen LogP contribution in [0.2, 0.25) is 5.02 Å². The lowest BCUT2D eigenvalue weighted by Crippen LogP contribution is -2.27. The van der Waals surface area contributed by atoms with Gasteiger partial charge >= 0.3 is 0 Å². The molecule has 1 saturated heterocycles. The van der Waals surface area contributed by atoms with Crippen LogP contribution in [0.3, 0.4) is 0 Å². The van der Waals surface area contributed by atoms with Crippen molar-refractivity contribution in [3.63, 3.8) is 0 Å². The number of aryl methyl sites for hydroxylation is 2. The maximum Gasteiger partial charge on any atom is 0.266 e. The number of piperidine rings is 1. The van der Waals surface area contributed by atoms with Gasteiger partial charge < -0.3 is 10.1 Å². The molecule has 252 valence electrons. The van der Waals surface area contributed by atoms with Gasteiger partial charge in [-0.15, -0.1) is 10.2 Å². The normalized spacial score (nSPS) is 13.6. The van der Waals surface area contributed by atoms with Gasteiger partial charge in [-0.05, 0) is 98.6 Å². The van der Waals surface area contributed by atoms with E-state index in [0.717, 1.165) is 88.8 Å². The third-order valence-electron chi connectivity index (χ3n) is 8.29. The van der Waals surface area contributed by atoms with Gasteiger partial charge in [0.25, 0.3) is 10.0 Å². The van der Waals surface area contributed by atoms with Crippen molar-refractivity contribution in [2.75, 3.05) is 17.8 Å². The molecule has 3 aromatic carbocycles. The molecule has 0 unspecified atom stereocenters. The number of nitrogens with one attached hydrogen (secondary N) is 2. The minimum absolute atomic E-state index is 0. The molecule has 1 fully saturated rings. The van der Waals surface area contributed by atoms with E-state index in [1.165, 1.54) is 31.2 Å². The monoisotopic (exact) mass is 707 g/mol. The number of anilines is 1. The maximum atomic E-state index is 15.3. The first-order valence-electron chi connectivity index (χ1n) is 15.6. The molecule has 1 aliphatic rings. The maximum absolute atomic E-state index is 15.3. The predicted octanol–water partition coefficient (Wildman–Crippen LogP) is 9.31. The first-order valence-corrected chi connectivity index (χ1v) is 18.3. The Morgan fingerprint density at radius 3 is 2.58 bits per heavy atom. The molecule has 8 nitrogen and oxygen atoms in total. The fourth-order valence-corrected chi connectivity index (χ4v) is 7.89. The van der Waals surface area contributed by atoms with Gasteiger partial charge in [0.2, 0.25) is 5.13 Å². The summed E-state index contributed by atoms with van der Waals surface area (Å²) in [5.74, 6) is 0.205. The number of nitrogens with zero attached hydrogens (tertiary/aromatic N) is 3. The van der Waals surface area contributed by atoms with E-state index in [1.54, 1.807) is 6.20 Å². The van der Waals surface area contributed by atoms with Crippen molar-refractivity contribution in [3.8, 4) is 33.8 Å². The van der Waals surface area contributed by atoms with Gasteiger partial charge in [-0.1, -0.05) is 79.1 Å². The number of hydrogen-bond donors (Lipinski definition) is 2. The SMILES string of the molecule is C.Cc1cccc(-c2ccc(Oc3cc(F)c(S(=O)(=O)Nc4nncs4)cc3Cl)c(-c3ccnc(CCCCC4CCNCC4)c3)c2)c1. The van der Waals surface area contributed by atoms with Gasteiger partial charge in [0.05, 0.1) is 5.02 Å². The molecular formula is C36H39ClFN5O3S2. The standard InChI is InChI=1S/C35H35ClFN5O3S2.CH4/c1-23-5-4-7-25(17-23)26-9-10-32(45-33-21-31(37)34(20-30(33)36)47(43,44)42-35-41-40-22-46-35)29(19-26)27-13-16-39-28(18-27)8-3-2-6-24-11-14-38-15-12-24;/h4-5,7,9-10,13,16-22,24,38H,2-3,6,8,11-12,14-15H2,1H3,(H,41,42);1H4. The topological polar surface area (TPSA) is 106 Å². The van der Waals surface area contributed by atoms with Crippen LogP contribution < -0.4 is 14.8 Å². The molecule has 2 N–H and O–H groups in total. The van der Waals surface area contributed by atoms with E-state index in [2.05, 4.69) is 37.4 Å². The van der Waals surface area contributed by atoms with Crippen LogP contribution in [0.1, 0.15) is 50.8 Å². The molecule has 0 saturated carbocycles. The zero-order valence-corrected chi connectivity index (χ0v) is 28.3. The van der Waals surface area contributed by atoms with E-state index in [9.17, 15) is 8.42 Å². The Morgan fingerprint density at radius 1 is 1.00 bits per heavy atom. The number of unbranched alkanes of at least 4 members (excludes halogenated alkanes) is 1.